The van der Waals surface area contributed by atoms with Crippen LogP contribution in [0.5, 0.6) is 0 Å². The lowest BCUT2D eigenvalue weighted by molar-refractivity contribution is -0.139. The van der Waals surface area contributed by atoms with Gasteiger partial charge in [0, 0.05) is 13.1 Å². The maximum Gasteiger partial charge on any atom is 0.243 e. The van der Waals surface area contributed by atoms with Crippen LogP contribution in [0.2, 0.25) is 0 Å². The second kappa shape index (κ2) is 8.96. The molecule has 4 rings (SSSR count). The number of likely N-dealkylation sites (tertiary alicyclic amines) is 1. The smallest absolute Gasteiger partial charge is 0.243 e. The van der Waals surface area contributed by atoms with Crippen LogP contribution in [0.3, 0.4) is 0 Å². The van der Waals surface area contributed by atoms with E-state index in [1.54, 1.807) is 0 Å². The van der Waals surface area contributed by atoms with E-state index in [1.807, 2.05) is 0 Å². The summed E-state index contributed by atoms with van der Waals surface area (Å²) in [6, 6.07) is 8.46. The first-order valence-corrected chi connectivity index (χ1v) is 11.5. The molecular formula is C24H37N3O. The second-order valence-electron chi connectivity index (χ2n) is 9.46. The Labute approximate surface area is 170 Å². The topological polar surface area (TPSA) is 58.4 Å². The van der Waals surface area contributed by atoms with Gasteiger partial charge in [-0.2, -0.15) is 0 Å². The molecule has 3 aliphatic rings. The number of nitrogens with one attached hydrogen (secondary N) is 1. The van der Waals surface area contributed by atoms with Crippen molar-refractivity contribution in [2.24, 2.45) is 17.6 Å². The van der Waals surface area contributed by atoms with E-state index in [0.29, 0.717) is 6.42 Å². The first kappa shape index (κ1) is 19.9. The summed E-state index contributed by atoms with van der Waals surface area (Å²) in [6.45, 7) is 4.21. The van der Waals surface area contributed by atoms with Crippen molar-refractivity contribution in [1.29, 1.82) is 0 Å². The number of hydrogen-bond acceptors (Lipinski definition) is 3. The maximum atomic E-state index is 13.2. The molecule has 0 aromatic heterocycles. The van der Waals surface area contributed by atoms with Crippen LogP contribution in [0.4, 0.5) is 0 Å². The van der Waals surface area contributed by atoms with Gasteiger partial charge in [0.15, 0.2) is 0 Å². The van der Waals surface area contributed by atoms with Gasteiger partial charge in [-0.15, -0.1) is 0 Å². The standard InChI is InChI=1S/C24H37N3O/c25-24(13-8-21-6-1-2-7-22(21)18-24)23(28)27-16-11-20(12-17-27)5-3-4-19-9-14-26-15-10-19/h1-2,6-7,19-20,26H,3-5,8-18,25H2. The lowest BCUT2D eigenvalue weighted by Gasteiger charge is -2.40. The van der Waals surface area contributed by atoms with Crippen LogP contribution in [0.25, 0.3) is 0 Å². The number of hydrogen-bond donors (Lipinski definition) is 2. The molecule has 154 valence electrons. The number of nitrogens with zero attached hydrogens (tertiary/aromatic N) is 1. The zero-order chi connectivity index (χ0) is 19.4. The summed E-state index contributed by atoms with van der Waals surface area (Å²) >= 11 is 0. The molecule has 0 spiro atoms. The summed E-state index contributed by atoms with van der Waals surface area (Å²) in [4.78, 5) is 15.3. The summed E-state index contributed by atoms with van der Waals surface area (Å²) < 4.78 is 0. The quantitative estimate of drug-likeness (QED) is 0.820. The minimum atomic E-state index is -0.698. The van der Waals surface area contributed by atoms with Crippen LogP contribution in [0.15, 0.2) is 24.3 Å². The first-order valence-electron chi connectivity index (χ1n) is 11.5. The van der Waals surface area contributed by atoms with E-state index in [2.05, 4.69) is 34.5 Å². The van der Waals surface area contributed by atoms with Gasteiger partial charge in [-0.3, -0.25) is 4.79 Å². The fourth-order valence-corrected chi connectivity index (χ4v) is 5.55. The number of benzene rings is 1. The highest BCUT2D eigenvalue weighted by molar-refractivity contribution is 5.87. The molecule has 2 aliphatic heterocycles. The zero-order valence-electron chi connectivity index (χ0n) is 17.3. The minimum absolute atomic E-state index is 0.190. The second-order valence-corrected chi connectivity index (χ2v) is 9.46. The fourth-order valence-electron chi connectivity index (χ4n) is 5.55. The molecule has 0 radical (unpaired) electrons. The summed E-state index contributed by atoms with van der Waals surface area (Å²) in [5.74, 6) is 1.93. The van der Waals surface area contributed by atoms with Crippen molar-refractivity contribution >= 4 is 5.91 Å². The molecule has 2 heterocycles. The van der Waals surface area contributed by atoms with Crippen molar-refractivity contribution < 1.29 is 4.79 Å². The highest BCUT2D eigenvalue weighted by Crippen LogP contribution is 2.31. The molecule has 4 nitrogen and oxygen atoms in total. The molecule has 0 saturated carbocycles. The largest absolute Gasteiger partial charge is 0.341 e. The van der Waals surface area contributed by atoms with Gasteiger partial charge in [-0.25, -0.2) is 0 Å². The number of piperidine rings is 2. The number of carbonyl (C=O) groups excluding carboxylic acids is 1. The molecule has 1 amide bonds. The lowest BCUT2D eigenvalue weighted by Crippen LogP contribution is -2.59. The van der Waals surface area contributed by atoms with Crippen LogP contribution in [0, 0.1) is 11.8 Å². The fraction of sp³-hybridized carbons (Fsp3) is 0.708. The Hall–Kier alpha value is -1.39. The Morgan fingerprint density at radius 1 is 1.04 bits per heavy atom. The van der Waals surface area contributed by atoms with E-state index in [-0.39, 0.29) is 5.91 Å². The van der Waals surface area contributed by atoms with Crippen molar-refractivity contribution in [2.75, 3.05) is 26.2 Å². The molecule has 3 N–H and O–H groups in total. The summed E-state index contributed by atoms with van der Waals surface area (Å²) in [5.41, 5.74) is 8.58. The molecule has 2 saturated heterocycles. The predicted octanol–water partition coefficient (Wildman–Crippen LogP) is 3.28. The van der Waals surface area contributed by atoms with Gasteiger partial charge in [0.25, 0.3) is 0 Å². The lowest BCUT2D eigenvalue weighted by atomic mass is 9.77. The summed E-state index contributed by atoms with van der Waals surface area (Å²) in [5, 5.41) is 3.46. The monoisotopic (exact) mass is 383 g/mol. The number of carbonyl (C=O) groups is 1. The molecule has 4 heteroatoms. The van der Waals surface area contributed by atoms with Crippen LogP contribution in [-0.4, -0.2) is 42.5 Å². The first-order chi connectivity index (χ1) is 13.6. The minimum Gasteiger partial charge on any atom is -0.341 e. The summed E-state index contributed by atoms with van der Waals surface area (Å²) in [7, 11) is 0. The van der Waals surface area contributed by atoms with Crippen molar-refractivity contribution in [3.63, 3.8) is 0 Å². The molecule has 1 atom stereocenters. The average molecular weight is 384 g/mol. The van der Waals surface area contributed by atoms with Crippen molar-refractivity contribution in [3.8, 4) is 0 Å². The van der Waals surface area contributed by atoms with Gasteiger partial charge in [-0.05, 0) is 81.0 Å². The van der Waals surface area contributed by atoms with E-state index in [4.69, 9.17) is 5.73 Å². The van der Waals surface area contributed by atoms with Gasteiger partial charge >= 0.3 is 0 Å². The third-order valence-electron chi connectivity index (χ3n) is 7.48. The third kappa shape index (κ3) is 4.60. The molecule has 1 unspecified atom stereocenters. The highest BCUT2D eigenvalue weighted by atomic mass is 16.2. The van der Waals surface area contributed by atoms with Gasteiger partial charge < -0.3 is 16.0 Å². The van der Waals surface area contributed by atoms with Crippen molar-refractivity contribution in [1.82, 2.24) is 10.2 Å². The number of fused-ring (bicyclic) bond motifs is 1. The maximum absolute atomic E-state index is 13.2. The Kier molecular flexibility index (Phi) is 6.37. The van der Waals surface area contributed by atoms with E-state index >= 15 is 0 Å². The van der Waals surface area contributed by atoms with Crippen LogP contribution in [0.1, 0.15) is 62.5 Å². The number of nitrogens with two attached hydrogens (primary N) is 1. The number of aryl methyl sites for hydroxylation is 1. The molecule has 2 fully saturated rings. The summed E-state index contributed by atoms with van der Waals surface area (Å²) in [6.07, 6.45) is 11.5. The molecule has 28 heavy (non-hydrogen) atoms. The van der Waals surface area contributed by atoms with E-state index < -0.39 is 5.54 Å². The van der Waals surface area contributed by atoms with Gasteiger partial charge in [-0.1, -0.05) is 43.5 Å². The number of rotatable bonds is 5. The molecular weight excluding hydrogens is 346 g/mol. The number of amides is 1. The van der Waals surface area contributed by atoms with Gasteiger partial charge in [0.1, 0.15) is 0 Å². The van der Waals surface area contributed by atoms with E-state index in [9.17, 15) is 4.79 Å². The third-order valence-corrected chi connectivity index (χ3v) is 7.48. The Bertz CT molecular complexity index is 662. The van der Waals surface area contributed by atoms with E-state index in [0.717, 1.165) is 50.6 Å². The van der Waals surface area contributed by atoms with Gasteiger partial charge in [0.05, 0.1) is 5.54 Å². The molecule has 1 aromatic carbocycles. The average Bonchev–Trinajstić information content (AvgIpc) is 2.74. The Morgan fingerprint density at radius 2 is 1.68 bits per heavy atom. The molecule has 0 bridgehead atoms. The zero-order valence-corrected chi connectivity index (χ0v) is 17.3. The van der Waals surface area contributed by atoms with Crippen LogP contribution in [-0.2, 0) is 17.6 Å². The predicted molar refractivity (Wildman–Crippen MR) is 114 cm³/mol. The normalized spacial score (nSPS) is 26.8. The Balaban J connectivity index is 1.23. The van der Waals surface area contributed by atoms with Crippen LogP contribution < -0.4 is 11.1 Å². The van der Waals surface area contributed by atoms with Gasteiger partial charge in [0.2, 0.25) is 5.91 Å². The van der Waals surface area contributed by atoms with E-state index in [1.165, 1.54) is 56.3 Å². The Morgan fingerprint density at radius 3 is 2.39 bits per heavy atom. The highest BCUT2D eigenvalue weighted by Gasteiger charge is 2.40. The molecule has 1 aliphatic carbocycles. The van der Waals surface area contributed by atoms with Crippen LogP contribution >= 0.6 is 0 Å². The van der Waals surface area contributed by atoms with Crippen molar-refractivity contribution in [3.05, 3.63) is 35.4 Å². The SMILES string of the molecule is NC1(C(=O)N2CCC(CCCC3CCNCC3)CC2)CCc2ccccc2C1. The van der Waals surface area contributed by atoms with Crippen molar-refractivity contribution in [2.45, 2.75) is 69.7 Å². The molecule has 1 aromatic rings.